The van der Waals surface area contributed by atoms with Gasteiger partial charge in [0.2, 0.25) is 5.91 Å². The summed E-state index contributed by atoms with van der Waals surface area (Å²) in [4.78, 5) is 11.6. The van der Waals surface area contributed by atoms with Gasteiger partial charge in [0.25, 0.3) is 0 Å². The van der Waals surface area contributed by atoms with Gasteiger partial charge in [0.15, 0.2) is 9.84 Å². The minimum absolute atomic E-state index is 0.0338. The van der Waals surface area contributed by atoms with Crippen LogP contribution in [0.2, 0.25) is 0 Å². The van der Waals surface area contributed by atoms with Crippen molar-refractivity contribution >= 4 is 15.7 Å². The molecular formula is C12H20N2O4S. The SMILES string of the molecule is O=C(CCOC1CCNCC1)NC1C=CS(=O)(=O)C1. The number of amides is 1. The number of hydrogen-bond acceptors (Lipinski definition) is 5. The first-order valence-corrected chi connectivity index (χ1v) is 8.29. The molecule has 2 aliphatic heterocycles. The summed E-state index contributed by atoms with van der Waals surface area (Å²) in [7, 11) is -3.11. The predicted octanol–water partition coefficient (Wildman–Crippen LogP) is -0.428. The van der Waals surface area contributed by atoms with Gasteiger partial charge in [0.1, 0.15) is 0 Å². The highest BCUT2D eigenvalue weighted by Crippen LogP contribution is 2.09. The molecule has 1 amide bonds. The Morgan fingerprint density at radius 1 is 1.37 bits per heavy atom. The average molecular weight is 288 g/mol. The molecule has 0 radical (unpaired) electrons. The van der Waals surface area contributed by atoms with E-state index < -0.39 is 15.9 Å². The van der Waals surface area contributed by atoms with Crippen molar-refractivity contribution in [2.45, 2.75) is 31.4 Å². The Morgan fingerprint density at radius 2 is 2.11 bits per heavy atom. The first-order valence-electron chi connectivity index (χ1n) is 6.58. The van der Waals surface area contributed by atoms with E-state index in [2.05, 4.69) is 10.6 Å². The number of ether oxygens (including phenoxy) is 1. The molecule has 19 heavy (non-hydrogen) atoms. The van der Waals surface area contributed by atoms with Crippen molar-refractivity contribution in [2.75, 3.05) is 25.4 Å². The number of sulfone groups is 1. The van der Waals surface area contributed by atoms with E-state index in [0.29, 0.717) is 6.61 Å². The van der Waals surface area contributed by atoms with E-state index in [9.17, 15) is 13.2 Å². The van der Waals surface area contributed by atoms with E-state index in [1.54, 1.807) is 0 Å². The second kappa shape index (κ2) is 6.49. The molecule has 6 nitrogen and oxygen atoms in total. The molecule has 0 aromatic heterocycles. The lowest BCUT2D eigenvalue weighted by Gasteiger charge is -2.22. The van der Waals surface area contributed by atoms with E-state index in [1.807, 2.05) is 0 Å². The van der Waals surface area contributed by atoms with Crippen molar-refractivity contribution in [3.8, 4) is 0 Å². The summed E-state index contributed by atoms with van der Waals surface area (Å²) in [5.74, 6) is -0.200. The molecule has 0 aliphatic carbocycles. The maximum absolute atomic E-state index is 11.6. The molecule has 0 spiro atoms. The van der Waals surface area contributed by atoms with Crippen LogP contribution in [0.25, 0.3) is 0 Å². The lowest BCUT2D eigenvalue weighted by Crippen LogP contribution is -2.37. The van der Waals surface area contributed by atoms with Gasteiger partial charge in [-0.3, -0.25) is 4.79 Å². The summed E-state index contributed by atoms with van der Waals surface area (Å²) < 4.78 is 28.0. The lowest BCUT2D eigenvalue weighted by atomic mass is 10.1. The molecule has 108 valence electrons. The lowest BCUT2D eigenvalue weighted by molar-refractivity contribution is -0.123. The van der Waals surface area contributed by atoms with E-state index in [-0.39, 0.29) is 24.2 Å². The predicted molar refractivity (Wildman–Crippen MR) is 71.3 cm³/mol. The fourth-order valence-electron chi connectivity index (χ4n) is 2.23. The Kier molecular flexibility index (Phi) is 4.95. The van der Waals surface area contributed by atoms with Crippen LogP contribution in [-0.4, -0.2) is 51.9 Å². The Morgan fingerprint density at radius 3 is 2.74 bits per heavy atom. The topological polar surface area (TPSA) is 84.5 Å². The summed E-state index contributed by atoms with van der Waals surface area (Å²) in [6.07, 6.45) is 3.98. The zero-order valence-electron chi connectivity index (χ0n) is 10.8. The number of nitrogens with one attached hydrogen (secondary N) is 2. The highest BCUT2D eigenvalue weighted by atomic mass is 32.2. The number of carbonyl (C=O) groups excluding carboxylic acids is 1. The van der Waals surface area contributed by atoms with E-state index in [1.165, 1.54) is 6.08 Å². The Bertz CT molecular complexity index is 441. The average Bonchev–Trinajstić information content (AvgIpc) is 2.70. The van der Waals surface area contributed by atoms with Gasteiger partial charge in [-0.05, 0) is 32.0 Å². The van der Waals surface area contributed by atoms with Gasteiger partial charge >= 0.3 is 0 Å². The molecule has 7 heteroatoms. The summed E-state index contributed by atoms with van der Waals surface area (Å²) in [5, 5.41) is 7.08. The third kappa shape index (κ3) is 4.93. The number of hydrogen-bond donors (Lipinski definition) is 2. The second-order valence-electron chi connectivity index (χ2n) is 4.90. The first-order chi connectivity index (χ1) is 9.05. The van der Waals surface area contributed by atoms with Crippen LogP contribution >= 0.6 is 0 Å². The quantitative estimate of drug-likeness (QED) is 0.717. The van der Waals surface area contributed by atoms with Crippen LogP contribution in [-0.2, 0) is 19.4 Å². The van der Waals surface area contributed by atoms with Crippen LogP contribution in [0.1, 0.15) is 19.3 Å². The fourth-order valence-corrected chi connectivity index (χ4v) is 3.46. The molecular weight excluding hydrogens is 268 g/mol. The molecule has 2 aliphatic rings. The van der Waals surface area contributed by atoms with Crippen molar-refractivity contribution in [3.05, 3.63) is 11.5 Å². The van der Waals surface area contributed by atoms with Gasteiger partial charge in [-0.1, -0.05) is 0 Å². The molecule has 1 fully saturated rings. The van der Waals surface area contributed by atoms with Crippen molar-refractivity contribution in [1.29, 1.82) is 0 Å². The summed E-state index contributed by atoms with van der Waals surface area (Å²) in [6, 6.07) is -0.392. The van der Waals surface area contributed by atoms with Crippen molar-refractivity contribution in [1.82, 2.24) is 10.6 Å². The van der Waals surface area contributed by atoms with E-state index in [0.717, 1.165) is 31.3 Å². The maximum atomic E-state index is 11.6. The van der Waals surface area contributed by atoms with Gasteiger partial charge in [-0.25, -0.2) is 8.42 Å². The minimum Gasteiger partial charge on any atom is -0.378 e. The van der Waals surface area contributed by atoms with Crippen LogP contribution in [0.4, 0.5) is 0 Å². The molecule has 0 saturated carbocycles. The van der Waals surface area contributed by atoms with Crippen LogP contribution in [0.5, 0.6) is 0 Å². The minimum atomic E-state index is -3.11. The number of rotatable bonds is 5. The Balaban J connectivity index is 1.61. The zero-order valence-corrected chi connectivity index (χ0v) is 11.6. The van der Waals surface area contributed by atoms with Gasteiger partial charge < -0.3 is 15.4 Å². The molecule has 0 bridgehead atoms. The Hall–Kier alpha value is -0.920. The molecule has 0 aromatic carbocycles. The second-order valence-corrected chi connectivity index (χ2v) is 6.83. The highest BCUT2D eigenvalue weighted by Gasteiger charge is 2.23. The van der Waals surface area contributed by atoms with Gasteiger partial charge in [-0.15, -0.1) is 0 Å². The Labute approximate surface area is 113 Å². The largest absolute Gasteiger partial charge is 0.378 e. The third-order valence-electron chi connectivity index (χ3n) is 3.25. The van der Waals surface area contributed by atoms with Crippen molar-refractivity contribution in [3.63, 3.8) is 0 Å². The molecule has 2 N–H and O–H groups in total. The third-order valence-corrected chi connectivity index (χ3v) is 4.64. The van der Waals surface area contributed by atoms with Crippen molar-refractivity contribution in [2.24, 2.45) is 0 Å². The van der Waals surface area contributed by atoms with Gasteiger partial charge in [0, 0.05) is 11.8 Å². The smallest absolute Gasteiger partial charge is 0.222 e. The summed E-state index contributed by atoms with van der Waals surface area (Å²) in [6.45, 7) is 2.31. The molecule has 2 rings (SSSR count). The van der Waals surface area contributed by atoms with E-state index >= 15 is 0 Å². The standard InChI is InChI=1S/C12H20N2O4S/c15-12(14-10-4-8-19(16,17)9-10)3-7-18-11-1-5-13-6-2-11/h4,8,10-11,13H,1-3,5-7,9H2,(H,14,15). The molecule has 0 aromatic rings. The molecule has 1 unspecified atom stereocenters. The zero-order chi connectivity index (χ0) is 13.7. The number of piperidine rings is 1. The monoisotopic (exact) mass is 288 g/mol. The van der Waals surface area contributed by atoms with Crippen molar-refractivity contribution < 1.29 is 17.9 Å². The molecule has 1 saturated heterocycles. The molecule has 2 heterocycles. The van der Waals surface area contributed by atoms with Gasteiger partial charge in [-0.2, -0.15) is 0 Å². The first kappa shape index (κ1) is 14.5. The normalized spacial score (nSPS) is 26.4. The van der Waals surface area contributed by atoms with Crippen LogP contribution in [0, 0.1) is 0 Å². The van der Waals surface area contributed by atoms with E-state index in [4.69, 9.17) is 4.74 Å². The summed E-state index contributed by atoms with van der Waals surface area (Å²) in [5.41, 5.74) is 0. The fraction of sp³-hybridized carbons (Fsp3) is 0.750. The molecule has 1 atom stereocenters. The van der Waals surface area contributed by atoms with Gasteiger partial charge in [0.05, 0.1) is 24.5 Å². The summed E-state index contributed by atoms with van der Waals surface area (Å²) >= 11 is 0. The number of carbonyl (C=O) groups is 1. The highest BCUT2D eigenvalue weighted by molar-refractivity contribution is 7.94. The maximum Gasteiger partial charge on any atom is 0.222 e. The van der Waals surface area contributed by atoms with Crippen LogP contribution in [0.3, 0.4) is 0 Å². The van der Waals surface area contributed by atoms with Crippen LogP contribution < -0.4 is 10.6 Å². The van der Waals surface area contributed by atoms with Crippen LogP contribution in [0.15, 0.2) is 11.5 Å².